The van der Waals surface area contributed by atoms with Crippen molar-refractivity contribution in [2.75, 3.05) is 13.1 Å². The van der Waals surface area contributed by atoms with E-state index in [2.05, 4.69) is 15.1 Å². The Morgan fingerprint density at radius 1 is 1.43 bits per heavy atom. The van der Waals surface area contributed by atoms with Gasteiger partial charge in [-0.25, -0.2) is 4.98 Å². The molecule has 8 heteroatoms. The van der Waals surface area contributed by atoms with Gasteiger partial charge in [0.25, 0.3) is 11.8 Å². The zero-order chi connectivity index (χ0) is 15.8. The third-order valence-electron chi connectivity index (χ3n) is 3.85. The fraction of sp³-hybridized carbons (Fsp3) is 0.333. The molecule has 1 saturated heterocycles. The average molecular weight is 330 g/mol. The molecule has 1 amide bonds. The van der Waals surface area contributed by atoms with Crippen molar-refractivity contribution in [3.05, 3.63) is 40.3 Å². The molecule has 1 aliphatic heterocycles. The van der Waals surface area contributed by atoms with Gasteiger partial charge in [-0.3, -0.25) is 4.79 Å². The smallest absolute Gasteiger partial charge is 0.293 e. The van der Waals surface area contributed by atoms with Crippen molar-refractivity contribution in [2.45, 2.75) is 19.3 Å². The average Bonchev–Trinajstić information content (AvgIpc) is 3.30. The first-order chi connectivity index (χ1) is 11.2. The van der Waals surface area contributed by atoms with Crippen molar-refractivity contribution in [1.29, 1.82) is 0 Å². The predicted octanol–water partition coefficient (Wildman–Crippen LogP) is 2.72. The van der Waals surface area contributed by atoms with Gasteiger partial charge in [0.15, 0.2) is 11.6 Å². The van der Waals surface area contributed by atoms with Crippen LogP contribution in [0.25, 0.3) is 11.7 Å². The lowest BCUT2D eigenvalue weighted by Crippen LogP contribution is -2.28. The molecule has 1 aliphatic rings. The number of aromatic nitrogens is 3. The Hall–Kier alpha value is -2.48. The maximum Gasteiger partial charge on any atom is 0.293 e. The number of aryl methyl sites for hydroxylation is 1. The van der Waals surface area contributed by atoms with Crippen molar-refractivity contribution in [3.63, 3.8) is 0 Å². The van der Waals surface area contributed by atoms with E-state index >= 15 is 0 Å². The van der Waals surface area contributed by atoms with Crippen LogP contribution in [0.15, 0.2) is 32.7 Å². The van der Waals surface area contributed by atoms with E-state index in [9.17, 15) is 4.79 Å². The van der Waals surface area contributed by atoms with Gasteiger partial charge < -0.3 is 13.8 Å². The van der Waals surface area contributed by atoms with Crippen LogP contribution in [-0.2, 0) is 0 Å². The van der Waals surface area contributed by atoms with Gasteiger partial charge in [-0.1, -0.05) is 5.16 Å². The van der Waals surface area contributed by atoms with Crippen molar-refractivity contribution < 1.29 is 13.7 Å². The fourth-order valence-electron chi connectivity index (χ4n) is 2.68. The number of amides is 1. The Morgan fingerprint density at radius 2 is 2.35 bits per heavy atom. The van der Waals surface area contributed by atoms with Gasteiger partial charge in [0, 0.05) is 24.4 Å². The summed E-state index contributed by atoms with van der Waals surface area (Å²) in [5.74, 6) is 1.57. The molecule has 0 radical (unpaired) electrons. The number of carbonyl (C=O) groups is 1. The molecule has 3 aromatic rings. The summed E-state index contributed by atoms with van der Waals surface area (Å²) in [7, 11) is 0. The summed E-state index contributed by atoms with van der Waals surface area (Å²) in [6.45, 7) is 3.14. The monoisotopic (exact) mass is 330 g/mol. The number of furan rings is 1. The molecule has 0 saturated carbocycles. The highest BCUT2D eigenvalue weighted by Gasteiger charge is 2.32. The van der Waals surface area contributed by atoms with Gasteiger partial charge in [0.2, 0.25) is 0 Å². The molecule has 3 aromatic heterocycles. The molecule has 1 atom stereocenters. The van der Waals surface area contributed by atoms with Crippen molar-refractivity contribution >= 4 is 17.2 Å². The fourth-order valence-corrected chi connectivity index (χ4v) is 3.27. The highest BCUT2D eigenvalue weighted by atomic mass is 32.1. The summed E-state index contributed by atoms with van der Waals surface area (Å²) in [6, 6.07) is 3.54. The van der Waals surface area contributed by atoms with Crippen molar-refractivity contribution in [2.24, 2.45) is 0 Å². The van der Waals surface area contributed by atoms with Gasteiger partial charge in [0.1, 0.15) is 5.69 Å². The van der Waals surface area contributed by atoms with E-state index in [1.807, 2.05) is 6.92 Å². The molecule has 0 bridgehead atoms. The first kappa shape index (κ1) is 14.1. The number of hydrogen-bond donors (Lipinski definition) is 0. The minimum absolute atomic E-state index is 0.0356. The summed E-state index contributed by atoms with van der Waals surface area (Å²) >= 11 is 1.48. The molecule has 4 rings (SSSR count). The number of likely N-dealkylation sites (tertiary alicyclic amines) is 1. The molecule has 118 valence electrons. The molecular weight excluding hydrogens is 316 g/mol. The van der Waals surface area contributed by atoms with Crippen LogP contribution in [0.5, 0.6) is 0 Å². The van der Waals surface area contributed by atoms with Gasteiger partial charge >= 0.3 is 0 Å². The molecule has 0 spiro atoms. The molecule has 23 heavy (non-hydrogen) atoms. The first-order valence-corrected chi connectivity index (χ1v) is 8.17. The zero-order valence-corrected chi connectivity index (χ0v) is 13.2. The van der Waals surface area contributed by atoms with Crippen molar-refractivity contribution in [1.82, 2.24) is 20.0 Å². The Kier molecular flexibility index (Phi) is 3.45. The van der Waals surface area contributed by atoms with E-state index in [0.717, 1.165) is 11.4 Å². The summed E-state index contributed by atoms with van der Waals surface area (Å²) in [5, 5.41) is 6.72. The summed E-state index contributed by atoms with van der Waals surface area (Å²) in [4.78, 5) is 22.9. The topological polar surface area (TPSA) is 85.3 Å². The molecule has 7 nitrogen and oxygen atoms in total. The van der Waals surface area contributed by atoms with Crippen LogP contribution in [0.4, 0.5) is 0 Å². The lowest BCUT2D eigenvalue weighted by Gasteiger charge is -2.13. The Balaban J connectivity index is 1.47. The number of thiazole rings is 1. The largest absolute Gasteiger partial charge is 0.459 e. The maximum absolute atomic E-state index is 12.4. The van der Waals surface area contributed by atoms with Crippen LogP contribution in [0.2, 0.25) is 0 Å². The van der Waals surface area contributed by atoms with E-state index < -0.39 is 0 Å². The lowest BCUT2D eigenvalue weighted by molar-refractivity contribution is 0.0785. The Labute approximate surface area is 135 Å². The molecule has 4 heterocycles. The van der Waals surface area contributed by atoms with Crippen LogP contribution in [0.3, 0.4) is 0 Å². The minimum atomic E-state index is -0.0356. The molecule has 0 N–H and O–H groups in total. The number of carbonyl (C=O) groups excluding carboxylic acids is 1. The Bertz CT molecular complexity index is 824. The van der Waals surface area contributed by atoms with Gasteiger partial charge in [-0.05, 0) is 25.5 Å². The van der Waals surface area contributed by atoms with Crippen LogP contribution in [0.1, 0.15) is 33.7 Å². The summed E-state index contributed by atoms with van der Waals surface area (Å²) in [5.41, 5.74) is 0.512. The minimum Gasteiger partial charge on any atom is -0.459 e. The van der Waals surface area contributed by atoms with Gasteiger partial charge in [0.05, 0.1) is 11.3 Å². The molecule has 0 aromatic carbocycles. The SMILES string of the molecule is Cc1nc(C(=O)N2CC[C@H](c3noc(-c4ccco4)n3)C2)cs1. The standard InChI is InChI=1S/C15H14N4O3S/c1-9-16-11(8-23-9)15(20)19-5-4-10(7-19)13-17-14(22-18-13)12-3-2-6-21-12/h2-3,6,8,10H,4-5,7H2,1H3/t10-/m0/s1. The highest BCUT2D eigenvalue weighted by molar-refractivity contribution is 7.09. The molecule has 0 aliphatic carbocycles. The van der Waals surface area contributed by atoms with E-state index in [4.69, 9.17) is 8.94 Å². The van der Waals surface area contributed by atoms with Crippen LogP contribution in [-0.4, -0.2) is 39.0 Å². The van der Waals surface area contributed by atoms with Crippen molar-refractivity contribution in [3.8, 4) is 11.7 Å². The molecule has 0 unspecified atom stereocenters. The second-order valence-corrected chi connectivity index (χ2v) is 6.49. The predicted molar refractivity (Wildman–Crippen MR) is 82.1 cm³/mol. The quantitative estimate of drug-likeness (QED) is 0.734. The number of nitrogens with zero attached hydrogens (tertiary/aromatic N) is 4. The third kappa shape index (κ3) is 2.65. The van der Waals surface area contributed by atoms with Crippen LogP contribution in [0, 0.1) is 6.92 Å². The molecular formula is C15H14N4O3S. The summed E-state index contributed by atoms with van der Waals surface area (Å²) in [6.07, 6.45) is 2.37. The summed E-state index contributed by atoms with van der Waals surface area (Å²) < 4.78 is 10.5. The molecule has 1 fully saturated rings. The second kappa shape index (κ2) is 5.62. The third-order valence-corrected chi connectivity index (χ3v) is 4.63. The van der Waals surface area contributed by atoms with E-state index in [1.165, 1.54) is 11.3 Å². The van der Waals surface area contributed by atoms with E-state index in [-0.39, 0.29) is 11.8 Å². The van der Waals surface area contributed by atoms with Gasteiger partial charge in [-0.15, -0.1) is 11.3 Å². The first-order valence-electron chi connectivity index (χ1n) is 7.29. The van der Waals surface area contributed by atoms with Gasteiger partial charge in [-0.2, -0.15) is 4.98 Å². The maximum atomic E-state index is 12.4. The number of rotatable bonds is 3. The van der Waals surface area contributed by atoms with Crippen LogP contribution >= 0.6 is 11.3 Å². The van der Waals surface area contributed by atoms with E-state index in [0.29, 0.717) is 36.3 Å². The normalized spacial score (nSPS) is 17.8. The zero-order valence-electron chi connectivity index (χ0n) is 12.4. The highest BCUT2D eigenvalue weighted by Crippen LogP contribution is 2.28. The number of hydrogen-bond acceptors (Lipinski definition) is 7. The van der Waals surface area contributed by atoms with Crippen LogP contribution < -0.4 is 0 Å². The second-order valence-electron chi connectivity index (χ2n) is 5.42. The van der Waals surface area contributed by atoms with E-state index in [1.54, 1.807) is 28.7 Å². The Morgan fingerprint density at radius 3 is 3.09 bits per heavy atom. The lowest BCUT2D eigenvalue weighted by atomic mass is 10.1.